The van der Waals surface area contributed by atoms with Crippen molar-refractivity contribution in [2.24, 2.45) is 23.7 Å². The Hall–Kier alpha value is -4.47. The number of allylic oxidation sites excluding steroid dienone is 5. The van der Waals surface area contributed by atoms with Gasteiger partial charge in [0.25, 0.3) is 5.91 Å². The van der Waals surface area contributed by atoms with Crippen LogP contribution in [0, 0.1) is 30.6 Å². The van der Waals surface area contributed by atoms with Gasteiger partial charge < -0.3 is 45.8 Å². The summed E-state index contributed by atoms with van der Waals surface area (Å²) in [5, 5.41) is 80.8. The molecule has 3 aliphatic rings. The predicted octanol–water partition coefficient (Wildman–Crippen LogP) is 1.71. The van der Waals surface area contributed by atoms with Crippen molar-refractivity contribution < 1.29 is 64.5 Å². The SMILES string of the molecule is COC(=O)[C@@H]1[C@H](O)[C@H](C)[C@@H](O)[C@H](C)/C=C\C=C(/C)C(=O)NC2=C(C)C(=O)c3c(c(O)c(C)c(O)c3C(=O)/C(C)=C/[C@](C)(O)[C@@H](O)[C@@H](C)[C@H]1O)C2=O. The zero-order chi connectivity index (χ0) is 39.0. The molecule has 0 spiro atoms. The largest absolute Gasteiger partial charge is 0.507 e. The lowest BCUT2D eigenvalue weighted by atomic mass is 9.75. The number of amides is 1. The van der Waals surface area contributed by atoms with Gasteiger partial charge in [-0.25, -0.2) is 0 Å². The Morgan fingerprint density at radius 3 is 1.86 bits per heavy atom. The number of hydrogen-bond acceptors (Lipinski definition) is 13. The van der Waals surface area contributed by atoms with Gasteiger partial charge in [0, 0.05) is 34.5 Å². The zero-order valence-corrected chi connectivity index (χ0v) is 30.0. The van der Waals surface area contributed by atoms with E-state index in [0.29, 0.717) is 0 Å². The van der Waals surface area contributed by atoms with E-state index >= 15 is 0 Å². The lowest BCUT2D eigenvalue weighted by molar-refractivity contribution is -0.168. The van der Waals surface area contributed by atoms with Gasteiger partial charge in [0.15, 0.2) is 11.6 Å². The van der Waals surface area contributed by atoms with Gasteiger partial charge in [-0.2, -0.15) is 0 Å². The smallest absolute Gasteiger partial charge is 0.313 e. The van der Waals surface area contributed by atoms with E-state index in [1.165, 1.54) is 59.8 Å². The van der Waals surface area contributed by atoms with Gasteiger partial charge in [0.05, 0.1) is 53.9 Å². The maximum absolute atomic E-state index is 13.9. The molecule has 1 amide bonds. The second kappa shape index (κ2) is 15.4. The molecule has 4 bridgehead atoms. The quantitative estimate of drug-likeness (QED) is 0.193. The summed E-state index contributed by atoms with van der Waals surface area (Å²) in [5.74, 6) is -11.4. The molecule has 8 N–H and O–H groups in total. The monoisotopic (exact) mass is 713 g/mol. The van der Waals surface area contributed by atoms with Crippen LogP contribution in [0.25, 0.3) is 0 Å². The van der Waals surface area contributed by atoms with Crippen molar-refractivity contribution in [3.8, 4) is 11.5 Å². The minimum absolute atomic E-state index is 0.0574. The number of nitrogens with one attached hydrogen (secondary N) is 1. The maximum Gasteiger partial charge on any atom is 0.313 e. The molecule has 0 fully saturated rings. The summed E-state index contributed by atoms with van der Waals surface area (Å²) in [6, 6.07) is 0. The molecule has 4 rings (SSSR count). The normalized spacial score (nSPS) is 34.3. The molecule has 0 saturated heterocycles. The number of carbonyl (C=O) groups is 5. The zero-order valence-electron chi connectivity index (χ0n) is 30.0. The van der Waals surface area contributed by atoms with Crippen molar-refractivity contribution in [1.82, 2.24) is 5.32 Å². The average molecular weight is 714 g/mol. The third-order valence-electron chi connectivity index (χ3n) is 9.99. The van der Waals surface area contributed by atoms with Gasteiger partial charge in [0.1, 0.15) is 23.0 Å². The molecule has 0 saturated carbocycles. The first-order valence-corrected chi connectivity index (χ1v) is 16.3. The van der Waals surface area contributed by atoms with Gasteiger partial charge in [-0.15, -0.1) is 0 Å². The summed E-state index contributed by atoms with van der Waals surface area (Å²) in [6.45, 7) is 10.4. The minimum atomic E-state index is -2.34. The number of aliphatic hydroxyl groups excluding tert-OH is 4. The molecule has 0 aromatic heterocycles. The fourth-order valence-electron chi connectivity index (χ4n) is 6.50. The summed E-state index contributed by atoms with van der Waals surface area (Å²) < 4.78 is 4.83. The Bertz CT molecular complexity index is 1770. The van der Waals surface area contributed by atoms with Crippen molar-refractivity contribution in [1.29, 1.82) is 0 Å². The number of aromatic hydroxyl groups is 2. The molecule has 1 aromatic carbocycles. The first kappa shape index (κ1) is 41.0. The predicted molar refractivity (Wildman–Crippen MR) is 183 cm³/mol. The first-order valence-electron chi connectivity index (χ1n) is 16.3. The number of rotatable bonds is 1. The highest BCUT2D eigenvalue weighted by molar-refractivity contribution is 6.32. The van der Waals surface area contributed by atoms with Crippen molar-refractivity contribution in [2.45, 2.75) is 85.4 Å². The van der Waals surface area contributed by atoms with E-state index in [1.54, 1.807) is 6.92 Å². The van der Waals surface area contributed by atoms with Crippen LogP contribution in [0.3, 0.4) is 0 Å². The number of ether oxygens (including phenoxy) is 1. The highest BCUT2D eigenvalue weighted by atomic mass is 16.5. The molecule has 278 valence electrons. The third-order valence-corrected chi connectivity index (χ3v) is 9.99. The van der Waals surface area contributed by atoms with Crippen molar-refractivity contribution in [3.05, 3.63) is 69.0 Å². The van der Waals surface area contributed by atoms with Gasteiger partial charge in [-0.3, -0.25) is 24.0 Å². The van der Waals surface area contributed by atoms with Crippen LogP contribution in [-0.4, -0.2) is 102 Å². The summed E-state index contributed by atoms with van der Waals surface area (Å²) in [5.41, 5.74) is -5.67. The van der Waals surface area contributed by atoms with Crippen LogP contribution < -0.4 is 5.32 Å². The van der Waals surface area contributed by atoms with Crippen LogP contribution in [0.4, 0.5) is 0 Å². The Balaban J connectivity index is 2.32. The van der Waals surface area contributed by atoms with Crippen LogP contribution in [-0.2, 0) is 14.3 Å². The van der Waals surface area contributed by atoms with Crippen molar-refractivity contribution >= 4 is 29.2 Å². The molecule has 9 atom stereocenters. The van der Waals surface area contributed by atoms with E-state index in [-0.39, 0.29) is 22.3 Å². The Labute approximate surface area is 295 Å². The molecular formula is C37H47NO13. The molecular weight excluding hydrogens is 666 g/mol. The van der Waals surface area contributed by atoms with Crippen LogP contribution in [0.2, 0.25) is 0 Å². The topological polar surface area (TPSA) is 248 Å². The highest BCUT2D eigenvalue weighted by Crippen LogP contribution is 2.43. The fourth-order valence-corrected chi connectivity index (χ4v) is 6.50. The summed E-state index contributed by atoms with van der Waals surface area (Å²) in [4.78, 5) is 67.6. The number of phenols is 2. The lowest BCUT2D eigenvalue weighted by Crippen LogP contribution is -2.53. The second-order valence-corrected chi connectivity index (χ2v) is 13.7. The molecule has 0 radical (unpaired) electrons. The number of benzene rings is 1. The van der Waals surface area contributed by atoms with Crippen molar-refractivity contribution in [3.63, 3.8) is 0 Å². The molecule has 51 heavy (non-hydrogen) atoms. The van der Waals surface area contributed by atoms with Crippen LogP contribution in [0.15, 0.2) is 46.7 Å². The number of hydrogen-bond donors (Lipinski definition) is 8. The molecule has 2 aliphatic heterocycles. The maximum atomic E-state index is 13.9. The number of carbonyl (C=O) groups excluding carboxylic acids is 5. The van der Waals surface area contributed by atoms with Crippen LogP contribution in [0.1, 0.15) is 85.1 Å². The molecule has 14 nitrogen and oxygen atoms in total. The van der Waals surface area contributed by atoms with Gasteiger partial charge in [-0.05, 0) is 46.3 Å². The van der Waals surface area contributed by atoms with E-state index in [1.807, 2.05) is 0 Å². The van der Waals surface area contributed by atoms with Gasteiger partial charge >= 0.3 is 5.97 Å². The number of phenolic OH excluding ortho intramolecular Hbond substituents is 2. The fraction of sp³-hybridized carbons (Fsp3) is 0.486. The molecule has 1 aliphatic carbocycles. The second-order valence-electron chi connectivity index (χ2n) is 13.7. The average Bonchev–Trinajstić information content (AvgIpc) is 3.08. The lowest BCUT2D eigenvalue weighted by Gasteiger charge is -2.38. The Morgan fingerprint density at radius 2 is 1.31 bits per heavy atom. The Kier molecular flexibility index (Phi) is 12.4. The van der Waals surface area contributed by atoms with E-state index in [2.05, 4.69) is 5.32 Å². The summed E-state index contributed by atoms with van der Waals surface area (Å²) in [7, 11) is 1.02. The Morgan fingerprint density at radius 1 is 0.784 bits per heavy atom. The van der Waals surface area contributed by atoms with Gasteiger partial charge in [0.2, 0.25) is 5.78 Å². The third kappa shape index (κ3) is 7.60. The molecule has 2 heterocycles. The number of aliphatic hydroxyl groups is 5. The standard InChI is InChI=1S/C37H47NO13/c1-14-11-10-12-15(2)35(48)38-25-17(4)28(41)21-22(29(42)19(6)30(43)23(21)33(25)46)27(40)16(3)13-37(8,50)34(47)20(7)32(45)24(36(49)51-9)31(44)18(5)26(14)39/h10-14,18,20,24,26,31-32,34,39,42-45,47,50H,1-9H3,(H,38,48)/b11-10-,15-12+,16-13+/t14-,18-,20+,24-,26+,31-,32-,34+,37+/m1/s1. The number of esters is 1. The van der Waals surface area contributed by atoms with E-state index in [0.717, 1.165) is 20.1 Å². The first-order chi connectivity index (χ1) is 23.5. The van der Waals surface area contributed by atoms with Crippen LogP contribution in [0.5, 0.6) is 11.5 Å². The summed E-state index contributed by atoms with van der Waals surface area (Å²) >= 11 is 0. The minimum Gasteiger partial charge on any atom is -0.507 e. The molecule has 1 aromatic rings. The number of ketones is 3. The van der Waals surface area contributed by atoms with Crippen LogP contribution >= 0.6 is 0 Å². The van der Waals surface area contributed by atoms with E-state index < -0.39 is 117 Å². The highest BCUT2D eigenvalue weighted by Gasteiger charge is 2.47. The number of fused-ring (bicyclic) bond motifs is 15. The molecule has 14 heteroatoms. The van der Waals surface area contributed by atoms with E-state index in [9.17, 15) is 59.7 Å². The molecule has 0 unspecified atom stereocenters. The van der Waals surface area contributed by atoms with Gasteiger partial charge in [-0.1, -0.05) is 39.0 Å². The number of methoxy groups -OCH3 is 1. The van der Waals surface area contributed by atoms with Crippen molar-refractivity contribution in [2.75, 3.05) is 7.11 Å². The van der Waals surface area contributed by atoms with E-state index in [4.69, 9.17) is 4.74 Å². The number of Topliss-reactive ketones (excluding diaryl/α,β-unsaturated/α-hetero) is 3. The summed E-state index contributed by atoms with van der Waals surface area (Å²) in [6.07, 6.45) is -1.63.